The summed E-state index contributed by atoms with van der Waals surface area (Å²) >= 11 is 1.88. The van der Waals surface area contributed by atoms with E-state index >= 15 is 0 Å². The molecule has 1 atom stereocenters. The molecule has 3 nitrogen and oxygen atoms in total. The molecule has 0 bridgehead atoms. The van der Waals surface area contributed by atoms with Crippen LogP contribution in [0, 0.1) is 6.92 Å². The molecule has 0 aliphatic heterocycles. The van der Waals surface area contributed by atoms with Gasteiger partial charge in [0, 0.05) is 18.7 Å². The van der Waals surface area contributed by atoms with E-state index in [2.05, 4.69) is 25.0 Å². The summed E-state index contributed by atoms with van der Waals surface area (Å²) in [5, 5.41) is 14.3. The van der Waals surface area contributed by atoms with E-state index in [1.807, 2.05) is 23.4 Å². The van der Waals surface area contributed by atoms with Gasteiger partial charge in [0.05, 0.1) is 11.8 Å². The normalized spacial score (nSPS) is 13.0. The largest absolute Gasteiger partial charge is 0.393 e. The standard InChI is InChI=1S/C12H22N2OS/c1-4-14-11(8-10(3)13-14)9-12(15)6-7-16-5-2/h8,12,15H,4-7,9H2,1-3H3. The van der Waals surface area contributed by atoms with Crippen molar-refractivity contribution in [3.63, 3.8) is 0 Å². The van der Waals surface area contributed by atoms with Gasteiger partial charge in [0.1, 0.15) is 0 Å². The average molecular weight is 242 g/mol. The van der Waals surface area contributed by atoms with Gasteiger partial charge in [0.2, 0.25) is 0 Å². The van der Waals surface area contributed by atoms with Crippen molar-refractivity contribution >= 4 is 11.8 Å². The minimum Gasteiger partial charge on any atom is -0.393 e. The third-order valence-electron chi connectivity index (χ3n) is 2.53. The molecule has 0 aliphatic rings. The molecule has 1 heterocycles. The van der Waals surface area contributed by atoms with Gasteiger partial charge in [-0.2, -0.15) is 16.9 Å². The number of aryl methyl sites for hydroxylation is 2. The Morgan fingerprint density at radius 1 is 1.50 bits per heavy atom. The SMILES string of the molecule is CCSCCC(O)Cc1cc(C)nn1CC. The van der Waals surface area contributed by atoms with Crippen molar-refractivity contribution in [2.45, 2.75) is 46.3 Å². The topological polar surface area (TPSA) is 38.1 Å². The maximum absolute atomic E-state index is 9.90. The highest BCUT2D eigenvalue weighted by molar-refractivity contribution is 7.99. The summed E-state index contributed by atoms with van der Waals surface area (Å²) in [6.07, 6.45) is 1.35. The van der Waals surface area contributed by atoms with Gasteiger partial charge in [0.15, 0.2) is 0 Å². The quantitative estimate of drug-likeness (QED) is 0.745. The summed E-state index contributed by atoms with van der Waals surface area (Å²) in [5.41, 5.74) is 2.18. The number of aromatic nitrogens is 2. The summed E-state index contributed by atoms with van der Waals surface area (Å²) in [7, 11) is 0. The third-order valence-corrected chi connectivity index (χ3v) is 3.46. The van der Waals surface area contributed by atoms with E-state index in [0.29, 0.717) is 0 Å². The van der Waals surface area contributed by atoms with E-state index in [0.717, 1.165) is 42.3 Å². The molecule has 92 valence electrons. The molecule has 0 fully saturated rings. The fourth-order valence-corrected chi connectivity index (χ4v) is 2.47. The molecular formula is C12H22N2OS. The second-order valence-electron chi connectivity index (χ2n) is 3.94. The van der Waals surface area contributed by atoms with Gasteiger partial charge >= 0.3 is 0 Å². The maximum Gasteiger partial charge on any atom is 0.0603 e. The van der Waals surface area contributed by atoms with Crippen LogP contribution >= 0.6 is 11.8 Å². The number of hydrogen-bond acceptors (Lipinski definition) is 3. The van der Waals surface area contributed by atoms with E-state index in [1.165, 1.54) is 0 Å². The summed E-state index contributed by atoms with van der Waals surface area (Å²) in [6.45, 7) is 7.09. The average Bonchev–Trinajstić information content (AvgIpc) is 2.59. The van der Waals surface area contributed by atoms with E-state index in [1.54, 1.807) is 0 Å². The molecule has 0 spiro atoms. The van der Waals surface area contributed by atoms with Crippen LogP contribution in [0.1, 0.15) is 31.7 Å². The van der Waals surface area contributed by atoms with Gasteiger partial charge in [-0.25, -0.2) is 0 Å². The van der Waals surface area contributed by atoms with Crippen molar-refractivity contribution in [3.05, 3.63) is 17.5 Å². The fourth-order valence-electron chi connectivity index (χ4n) is 1.74. The van der Waals surface area contributed by atoms with E-state index in [9.17, 15) is 5.11 Å². The van der Waals surface area contributed by atoms with Crippen LogP contribution in [0.25, 0.3) is 0 Å². The minimum atomic E-state index is -0.236. The monoisotopic (exact) mass is 242 g/mol. The molecule has 1 N–H and O–H groups in total. The smallest absolute Gasteiger partial charge is 0.0603 e. The maximum atomic E-state index is 9.90. The van der Waals surface area contributed by atoms with Crippen molar-refractivity contribution < 1.29 is 5.11 Å². The molecule has 0 saturated carbocycles. The number of aliphatic hydroxyl groups excluding tert-OH is 1. The van der Waals surface area contributed by atoms with Gasteiger partial charge < -0.3 is 5.11 Å². The number of rotatable bonds is 7. The Labute approximate surface area is 102 Å². The van der Waals surface area contributed by atoms with Crippen LogP contribution in [-0.4, -0.2) is 32.5 Å². The lowest BCUT2D eigenvalue weighted by molar-refractivity contribution is 0.169. The fraction of sp³-hybridized carbons (Fsp3) is 0.750. The van der Waals surface area contributed by atoms with Crippen LogP contribution in [0.2, 0.25) is 0 Å². The Morgan fingerprint density at radius 3 is 2.88 bits per heavy atom. The Balaban J connectivity index is 2.45. The van der Waals surface area contributed by atoms with Crippen molar-refractivity contribution in [1.82, 2.24) is 9.78 Å². The zero-order valence-corrected chi connectivity index (χ0v) is 11.3. The Hall–Kier alpha value is -0.480. The molecule has 1 unspecified atom stereocenters. The minimum absolute atomic E-state index is 0.236. The predicted molar refractivity (Wildman–Crippen MR) is 70.0 cm³/mol. The van der Waals surface area contributed by atoms with E-state index in [4.69, 9.17) is 0 Å². The van der Waals surface area contributed by atoms with Gasteiger partial charge in [-0.15, -0.1) is 0 Å². The van der Waals surface area contributed by atoms with Crippen LogP contribution in [-0.2, 0) is 13.0 Å². The van der Waals surface area contributed by atoms with Crippen LogP contribution in [0.5, 0.6) is 0 Å². The first-order chi connectivity index (χ1) is 7.67. The summed E-state index contributed by atoms with van der Waals surface area (Å²) in [4.78, 5) is 0. The lowest BCUT2D eigenvalue weighted by atomic mass is 10.1. The Morgan fingerprint density at radius 2 is 2.25 bits per heavy atom. The molecule has 0 aliphatic carbocycles. The Kier molecular flexibility index (Phi) is 5.91. The molecular weight excluding hydrogens is 220 g/mol. The highest BCUT2D eigenvalue weighted by Crippen LogP contribution is 2.11. The molecule has 0 saturated heterocycles. The molecule has 16 heavy (non-hydrogen) atoms. The zero-order valence-electron chi connectivity index (χ0n) is 10.4. The Bertz CT molecular complexity index is 312. The number of nitrogens with zero attached hydrogens (tertiary/aromatic N) is 2. The lowest BCUT2D eigenvalue weighted by Crippen LogP contribution is -2.15. The van der Waals surface area contributed by atoms with Crippen LogP contribution in [0.4, 0.5) is 0 Å². The molecule has 0 radical (unpaired) electrons. The van der Waals surface area contributed by atoms with E-state index in [-0.39, 0.29) is 6.10 Å². The molecule has 4 heteroatoms. The van der Waals surface area contributed by atoms with Crippen LogP contribution < -0.4 is 0 Å². The lowest BCUT2D eigenvalue weighted by Gasteiger charge is -2.10. The molecule has 1 rings (SSSR count). The molecule has 1 aromatic rings. The van der Waals surface area contributed by atoms with Gasteiger partial charge in [-0.1, -0.05) is 6.92 Å². The van der Waals surface area contributed by atoms with Gasteiger partial charge in [-0.05, 0) is 37.8 Å². The second-order valence-corrected chi connectivity index (χ2v) is 5.33. The highest BCUT2D eigenvalue weighted by atomic mass is 32.2. The van der Waals surface area contributed by atoms with Gasteiger partial charge in [0.25, 0.3) is 0 Å². The first-order valence-corrected chi connectivity index (χ1v) is 7.12. The highest BCUT2D eigenvalue weighted by Gasteiger charge is 2.10. The molecule has 0 amide bonds. The number of thioether (sulfide) groups is 1. The van der Waals surface area contributed by atoms with Crippen molar-refractivity contribution in [2.24, 2.45) is 0 Å². The predicted octanol–water partition coefficient (Wildman–Crippen LogP) is 2.26. The number of aliphatic hydroxyl groups is 1. The molecule has 1 aromatic heterocycles. The van der Waals surface area contributed by atoms with Gasteiger partial charge in [-0.3, -0.25) is 4.68 Å². The van der Waals surface area contributed by atoms with Crippen LogP contribution in [0.15, 0.2) is 6.07 Å². The van der Waals surface area contributed by atoms with Crippen molar-refractivity contribution in [2.75, 3.05) is 11.5 Å². The third kappa shape index (κ3) is 4.18. The first kappa shape index (κ1) is 13.6. The molecule has 0 aromatic carbocycles. The van der Waals surface area contributed by atoms with Crippen LogP contribution in [0.3, 0.4) is 0 Å². The van der Waals surface area contributed by atoms with Crippen molar-refractivity contribution in [1.29, 1.82) is 0 Å². The van der Waals surface area contributed by atoms with Crippen molar-refractivity contribution in [3.8, 4) is 0 Å². The van der Waals surface area contributed by atoms with E-state index < -0.39 is 0 Å². The summed E-state index contributed by atoms with van der Waals surface area (Å²) in [5.74, 6) is 2.16. The second kappa shape index (κ2) is 6.97. The summed E-state index contributed by atoms with van der Waals surface area (Å²) < 4.78 is 1.98. The summed E-state index contributed by atoms with van der Waals surface area (Å²) in [6, 6.07) is 2.07. The zero-order chi connectivity index (χ0) is 12.0. The first-order valence-electron chi connectivity index (χ1n) is 5.96. The number of hydrogen-bond donors (Lipinski definition) is 1.